The maximum atomic E-state index is 14.6. The maximum absolute atomic E-state index is 14.6. The van der Waals surface area contributed by atoms with Gasteiger partial charge in [0.15, 0.2) is 11.6 Å². The smallest absolute Gasteiger partial charge is 0.236 e. The zero-order valence-electron chi connectivity index (χ0n) is 18.0. The third-order valence-electron chi connectivity index (χ3n) is 5.83. The van der Waals surface area contributed by atoms with Gasteiger partial charge in [-0.2, -0.15) is 5.26 Å². The topological polar surface area (TPSA) is 79.5 Å². The van der Waals surface area contributed by atoms with E-state index in [2.05, 4.69) is 9.83 Å². The van der Waals surface area contributed by atoms with E-state index in [9.17, 15) is 8.78 Å². The zero-order chi connectivity index (χ0) is 23.5. The SMILES string of the molecule is [C-]#[N+]c1c(N2CCC(N)CC2)ncc(-c2ccc(OC)c(F)c2)c1-c1ccc(C#N)c(F)c1. The van der Waals surface area contributed by atoms with Crippen LogP contribution in [0.4, 0.5) is 20.3 Å². The minimum absolute atomic E-state index is 0.0874. The normalized spacial score (nSPS) is 13.9. The number of nitrogens with two attached hydrogens (primary N) is 1. The Morgan fingerprint density at radius 3 is 2.45 bits per heavy atom. The van der Waals surface area contributed by atoms with Crippen LogP contribution in [-0.4, -0.2) is 31.2 Å². The largest absolute Gasteiger partial charge is 0.494 e. The molecular weight excluding hydrogens is 424 g/mol. The average Bonchev–Trinajstić information content (AvgIpc) is 2.83. The van der Waals surface area contributed by atoms with E-state index < -0.39 is 11.6 Å². The summed E-state index contributed by atoms with van der Waals surface area (Å²) in [6, 6.07) is 10.5. The van der Waals surface area contributed by atoms with Crippen LogP contribution in [0, 0.1) is 29.5 Å². The molecule has 0 radical (unpaired) electrons. The number of rotatable bonds is 4. The van der Waals surface area contributed by atoms with Gasteiger partial charge in [-0.3, -0.25) is 4.98 Å². The molecule has 1 aliphatic rings. The van der Waals surface area contributed by atoms with Gasteiger partial charge in [0.05, 0.1) is 19.2 Å². The predicted molar refractivity (Wildman–Crippen MR) is 122 cm³/mol. The molecule has 166 valence electrons. The molecule has 0 atom stereocenters. The molecule has 0 bridgehead atoms. The highest BCUT2D eigenvalue weighted by Gasteiger charge is 2.25. The van der Waals surface area contributed by atoms with Crippen molar-refractivity contribution >= 4 is 11.5 Å². The van der Waals surface area contributed by atoms with Crippen molar-refractivity contribution in [2.75, 3.05) is 25.1 Å². The molecule has 33 heavy (non-hydrogen) atoms. The summed E-state index contributed by atoms with van der Waals surface area (Å²) in [4.78, 5) is 10.3. The first-order valence-electron chi connectivity index (χ1n) is 10.4. The molecular formula is C25H21F2N5O. The first kappa shape index (κ1) is 22.2. The highest BCUT2D eigenvalue weighted by atomic mass is 19.1. The molecule has 0 amide bonds. The van der Waals surface area contributed by atoms with Crippen molar-refractivity contribution in [1.82, 2.24) is 4.98 Å². The second-order valence-electron chi connectivity index (χ2n) is 7.81. The van der Waals surface area contributed by atoms with Crippen LogP contribution in [0.1, 0.15) is 18.4 Å². The lowest BCUT2D eigenvalue weighted by Crippen LogP contribution is -2.40. The van der Waals surface area contributed by atoms with E-state index in [0.717, 1.165) is 12.8 Å². The van der Waals surface area contributed by atoms with Gasteiger partial charge >= 0.3 is 0 Å². The molecule has 8 heteroatoms. The molecule has 1 saturated heterocycles. The molecule has 0 spiro atoms. The van der Waals surface area contributed by atoms with E-state index >= 15 is 0 Å². The van der Waals surface area contributed by atoms with Gasteiger partial charge in [0.2, 0.25) is 5.69 Å². The molecule has 2 N–H and O–H groups in total. The number of piperidine rings is 1. The average molecular weight is 445 g/mol. The van der Waals surface area contributed by atoms with Crippen molar-refractivity contribution in [3.8, 4) is 34.1 Å². The van der Waals surface area contributed by atoms with E-state index in [1.54, 1.807) is 24.4 Å². The van der Waals surface area contributed by atoms with Gasteiger partial charge in [0.25, 0.3) is 0 Å². The summed E-state index contributed by atoms with van der Waals surface area (Å²) in [6.45, 7) is 9.22. The van der Waals surface area contributed by atoms with E-state index in [0.29, 0.717) is 41.2 Å². The summed E-state index contributed by atoms with van der Waals surface area (Å²) in [6.07, 6.45) is 3.11. The number of halogens is 2. The van der Waals surface area contributed by atoms with Crippen LogP contribution in [0.15, 0.2) is 42.6 Å². The highest BCUT2D eigenvalue weighted by molar-refractivity contribution is 5.96. The molecule has 4 rings (SSSR count). The molecule has 1 aliphatic heterocycles. The summed E-state index contributed by atoms with van der Waals surface area (Å²) in [5.41, 5.74) is 7.95. The number of benzene rings is 2. The standard InChI is InChI=1S/C25H21F2N5O/c1-30-24-23(16-3-4-17(13-28)20(26)12-16)19(15-5-6-22(33-2)21(27)11-15)14-31-25(24)32-9-7-18(29)8-10-32/h3-6,11-12,14,18H,7-10,29H2,2H3. The van der Waals surface area contributed by atoms with Crippen LogP contribution in [-0.2, 0) is 0 Å². The summed E-state index contributed by atoms with van der Waals surface area (Å²) in [5, 5.41) is 9.11. The fourth-order valence-corrected chi connectivity index (χ4v) is 4.05. The number of hydrogen-bond acceptors (Lipinski definition) is 5. The van der Waals surface area contributed by atoms with E-state index in [1.807, 2.05) is 4.90 Å². The molecule has 1 fully saturated rings. The minimum atomic E-state index is -0.694. The molecule has 0 saturated carbocycles. The lowest BCUT2D eigenvalue weighted by molar-refractivity contribution is 0.386. The van der Waals surface area contributed by atoms with Crippen molar-refractivity contribution in [1.29, 1.82) is 5.26 Å². The molecule has 2 heterocycles. The highest BCUT2D eigenvalue weighted by Crippen LogP contribution is 2.45. The van der Waals surface area contributed by atoms with Gasteiger partial charge in [-0.1, -0.05) is 12.1 Å². The second kappa shape index (κ2) is 9.23. The fraction of sp³-hybridized carbons (Fsp3) is 0.240. The fourth-order valence-electron chi connectivity index (χ4n) is 4.05. The predicted octanol–water partition coefficient (Wildman–Crippen LogP) is 5.05. The van der Waals surface area contributed by atoms with Crippen LogP contribution in [0.3, 0.4) is 0 Å². The third-order valence-corrected chi connectivity index (χ3v) is 5.83. The minimum Gasteiger partial charge on any atom is -0.494 e. The molecule has 0 unspecified atom stereocenters. The van der Waals surface area contributed by atoms with Crippen LogP contribution >= 0.6 is 0 Å². The van der Waals surface area contributed by atoms with Gasteiger partial charge in [-0.05, 0) is 53.8 Å². The molecule has 3 aromatic rings. The molecule has 2 aromatic carbocycles. The van der Waals surface area contributed by atoms with Crippen LogP contribution in [0.2, 0.25) is 0 Å². The quantitative estimate of drug-likeness (QED) is 0.569. The van der Waals surface area contributed by atoms with Crippen molar-refractivity contribution in [3.05, 3.63) is 71.2 Å². The second-order valence-corrected chi connectivity index (χ2v) is 7.81. The number of nitrogens with zero attached hydrogens (tertiary/aromatic N) is 4. The van der Waals surface area contributed by atoms with Crippen LogP contribution in [0.25, 0.3) is 27.1 Å². The zero-order valence-corrected chi connectivity index (χ0v) is 18.0. The van der Waals surface area contributed by atoms with Gasteiger partial charge in [0, 0.05) is 30.9 Å². The lowest BCUT2D eigenvalue weighted by atomic mass is 9.93. The van der Waals surface area contributed by atoms with Gasteiger partial charge in [-0.25, -0.2) is 13.6 Å². The first-order valence-corrected chi connectivity index (χ1v) is 10.4. The summed E-state index contributed by atoms with van der Waals surface area (Å²) in [5.74, 6) is -0.690. The Morgan fingerprint density at radius 1 is 1.15 bits per heavy atom. The van der Waals surface area contributed by atoms with E-state index in [-0.39, 0.29) is 23.0 Å². The first-order chi connectivity index (χ1) is 16.0. The Hall–Kier alpha value is -4.01. The number of ether oxygens (including phenoxy) is 1. The Morgan fingerprint density at radius 2 is 1.85 bits per heavy atom. The number of aromatic nitrogens is 1. The van der Waals surface area contributed by atoms with Crippen LogP contribution < -0.4 is 15.4 Å². The Bertz CT molecular complexity index is 1290. The van der Waals surface area contributed by atoms with Crippen molar-refractivity contribution in [3.63, 3.8) is 0 Å². The summed E-state index contributed by atoms with van der Waals surface area (Å²) in [7, 11) is 1.38. The lowest BCUT2D eigenvalue weighted by Gasteiger charge is -2.32. The number of pyridine rings is 1. The van der Waals surface area contributed by atoms with E-state index in [4.69, 9.17) is 22.3 Å². The van der Waals surface area contributed by atoms with Gasteiger partial charge < -0.3 is 15.4 Å². The Balaban J connectivity index is 1.95. The third kappa shape index (κ3) is 4.21. The Kier molecular flexibility index (Phi) is 6.21. The number of anilines is 1. The number of hydrogen-bond donors (Lipinski definition) is 1. The Labute approximate surface area is 190 Å². The number of nitriles is 1. The van der Waals surface area contributed by atoms with Crippen molar-refractivity contribution < 1.29 is 13.5 Å². The molecule has 0 aliphatic carbocycles. The molecule has 1 aromatic heterocycles. The van der Waals surface area contributed by atoms with Crippen LogP contribution in [0.5, 0.6) is 5.75 Å². The summed E-state index contributed by atoms with van der Waals surface area (Å²) >= 11 is 0. The number of methoxy groups -OCH3 is 1. The van der Waals surface area contributed by atoms with Crippen molar-refractivity contribution in [2.24, 2.45) is 5.73 Å². The van der Waals surface area contributed by atoms with E-state index in [1.165, 1.54) is 31.4 Å². The van der Waals surface area contributed by atoms with Gasteiger partial charge in [0.1, 0.15) is 17.7 Å². The summed E-state index contributed by atoms with van der Waals surface area (Å²) < 4.78 is 34.1. The molecule has 6 nitrogen and oxygen atoms in total. The maximum Gasteiger partial charge on any atom is 0.236 e. The monoisotopic (exact) mass is 445 g/mol. The van der Waals surface area contributed by atoms with Gasteiger partial charge in [-0.15, -0.1) is 0 Å². The van der Waals surface area contributed by atoms with Crippen molar-refractivity contribution in [2.45, 2.75) is 18.9 Å².